The van der Waals surface area contributed by atoms with E-state index in [0.717, 1.165) is 44.2 Å². The first kappa shape index (κ1) is 19.5. The monoisotopic (exact) mass is 328 g/mol. The van der Waals surface area contributed by atoms with E-state index in [1.807, 2.05) is 0 Å². The Morgan fingerprint density at radius 1 is 1.14 bits per heavy atom. The first-order valence-corrected chi connectivity index (χ1v) is 7.06. The van der Waals surface area contributed by atoms with Gasteiger partial charge >= 0.3 is 58.4 Å². The van der Waals surface area contributed by atoms with E-state index in [2.05, 4.69) is 6.92 Å². The molecule has 112 valence electrons. The molecule has 0 aromatic heterocycles. The molecule has 1 aliphatic rings. The molecule has 1 aromatic rings. The summed E-state index contributed by atoms with van der Waals surface area (Å²) < 4.78 is 56.5. The molecule has 2 rings (SSSR count). The Balaban J connectivity index is 0.00000220. The molecular weight excluding hydrogens is 310 g/mol. The van der Waals surface area contributed by atoms with E-state index in [0.29, 0.717) is 5.92 Å². The van der Waals surface area contributed by atoms with Crippen LogP contribution in [0.3, 0.4) is 0 Å². The van der Waals surface area contributed by atoms with Gasteiger partial charge in [0.2, 0.25) is 0 Å². The van der Waals surface area contributed by atoms with E-state index in [-0.39, 0.29) is 63.2 Å². The van der Waals surface area contributed by atoms with E-state index >= 15 is 0 Å². The van der Waals surface area contributed by atoms with Crippen LogP contribution in [-0.2, 0) is 0 Å². The Kier molecular flexibility index (Phi) is 7.74. The van der Waals surface area contributed by atoms with Crippen molar-refractivity contribution in [1.29, 1.82) is 0 Å². The second-order valence-electron chi connectivity index (χ2n) is 5.43. The summed E-state index contributed by atoms with van der Waals surface area (Å²) in [5.74, 6) is -0.356. The molecule has 7 heteroatoms. The molecule has 1 fully saturated rings. The Bertz CT molecular complexity index is 459. The molecule has 0 heterocycles. The smallest absolute Gasteiger partial charge is 0.490 e. The second kappa shape index (κ2) is 8.34. The minimum absolute atomic E-state index is 0. The van der Waals surface area contributed by atoms with Crippen LogP contribution in [0.4, 0.5) is 17.3 Å². The van der Waals surface area contributed by atoms with Crippen LogP contribution in [-0.4, -0.2) is 13.1 Å². The molecule has 0 saturated heterocycles. The van der Waals surface area contributed by atoms with E-state index in [9.17, 15) is 17.3 Å². The van der Waals surface area contributed by atoms with Crippen molar-refractivity contribution in [2.45, 2.75) is 45.1 Å². The van der Waals surface area contributed by atoms with Crippen molar-refractivity contribution in [3.63, 3.8) is 0 Å². The van der Waals surface area contributed by atoms with Crippen molar-refractivity contribution in [2.24, 2.45) is 5.92 Å². The zero-order chi connectivity index (χ0) is 14.8. The fourth-order valence-electron chi connectivity index (χ4n) is 2.70. The maximum Gasteiger partial charge on any atom is 1.00 e. The topological polar surface area (TPSA) is 9.23 Å². The summed E-state index contributed by atoms with van der Waals surface area (Å²) in [6.07, 6.45) is 5.01. The van der Waals surface area contributed by atoms with Crippen molar-refractivity contribution in [3.05, 3.63) is 24.0 Å². The normalized spacial score (nSPS) is 22.5. The average molecular weight is 328 g/mol. The summed E-state index contributed by atoms with van der Waals surface area (Å²) in [4.78, 5) is 0. The summed E-state index contributed by atoms with van der Waals surface area (Å²) in [5, 5.41) is 0. The molecule has 1 nitrogen and oxygen atoms in total. The summed E-state index contributed by atoms with van der Waals surface area (Å²) in [6, 6.07) is 2.82. The summed E-state index contributed by atoms with van der Waals surface area (Å²) >= 11 is 0. The largest absolute Gasteiger partial charge is 1.00 e. The Hall–Kier alpha value is 0.441. The van der Waals surface area contributed by atoms with Gasteiger partial charge in [-0.25, -0.2) is 4.39 Å². The maximum atomic E-state index is 13.4. The van der Waals surface area contributed by atoms with Gasteiger partial charge in [0.15, 0.2) is 0 Å². The van der Waals surface area contributed by atoms with Gasteiger partial charge in [0.25, 0.3) is 0 Å². The van der Waals surface area contributed by atoms with Crippen molar-refractivity contribution in [1.82, 2.24) is 0 Å². The number of hydrogen-bond donors (Lipinski definition) is 0. The van der Waals surface area contributed by atoms with Crippen molar-refractivity contribution in [3.8, 4) is 5.75 Å². The van der Waals surface area contributed by atoms with Crippen LogP contribution in [0, 0.1) is 11.7 Å². The van der Waals surface area contributed by atoms with E-state index < -0.39 is 18.3 Å². The fourth-order valence-corrected chi connectivity index (χ4v) is 2.70. The van der Waals surface area contributed by atoms with Gasteiger partial charge in [-0.3, -0.25) is 0 Å². The molecule has 1 aromatic carbocycles. The number of ether oxygens (including phenoxy) is 1. The molecule has 0 bridgehead atoms. The number of halogens is 4. The number of hydrogen-bond acceptors (Lipinski definition) is 1. The van der Waals surface area contributed by atoms with Crippen LogP contribution in [0.15, 0.2) is 18.2 Å². The zero-order valence-corrected chi connectivity index (χ0v) is 15.5. The molecule has 0 N–H and O–H groups in total. The predicted molar refractivity (Wildman–Crippen MR) is 71.8 cm³/mol. The second-order valence-corrected chi connectivity index (χ2v) is 5.43. The average Bonchev–Trinajstić information content (AvgIpc) is 2.38. The van der Waals surface area contributed by atoms with Crippen LogP contribution >= 0.6 is 0 Å². The molecule has 0 amide bonds. The van der Waals surface area contributed by atoms with Crippen LogP contribution < -0.4 is 61.6 Å². The third kappa shape index (κ3) is 5.53. The van der Waals surface area contributed by atoms with Gasteiger partial charge in [-0.2, -0.15) is 0 Å². The third-order valence-electron chi connectivity index (χ3n) is 4.00. The van der Waals surface area contributed by atoms with E-state index in [4.69, 9.17) is 4.74 Å². The van der Waals surface area contributed by atoms with Crippen molar-refractivity contribution in [2.75, 3.05) is 0 Å². The molecule has 1 saturated carbocycles. The van der Waals surface area contributed by atoms with Crippen LogP contribution in [0.2, 0.25) is 0 Å². The molecule has 0 spiro atoms. The first-order chi connectivity index (χ1) is 9.40. The molecule has 21 heavy (non-hydrogen) atoms. The van der Waals surface area contributed by atoms with Crippen LogP contribution in [0.5, 0.6) is 5.75 Å². The van der Waals surface area contributed by atoms with E-state index in [1.165, 1.54) is 6.07 Å². The van der Waals surface area contributed by atoms with Crippen LogP contribution in [0.1, 0.15) is 39.0 Å². The van der Waals surface area contributed by atoms with Gasteiger partial charge in [-0.15, -0.1) is 0 Å². The first-order valence-electron chi connectivity index (χ1n) is 7.06. The standard InChI is InChI=1S/C14H18BF4O.K/c1-2-10-3-5-11(6-4-10)20-12-7-8-13(14(16)9-12)15(17,18)19;/h7-11H,2-6H2,1H3;/q-1;+1. The summed E-state index contributed by atoms with van der Waals surface area (Å²) in [6.45, 7) is -3.16. The van der Waals surface area contributed by atoms with Gasteiger partial charge in [0, 0.05) is 6.07 Å². The predicted octanol–water partition coefficient (Wildman–Crippen LogP) is 1.23. The zero-order valence-electron chi connectivity index (χ0n) is 12.4. The van der Waals surface area contributed by atoms with Crippen LogP contribution in [0.25, 0.3) is 0 Å². The minimum Gasteiger partial charge on any atom is -0.490 e. The quantitative estimate of drug-likeness (QED) is 0.597. The molecule has 0 aliphatic heterocycles. The number of benzene rings is 1. The third-order valence-corrected chi connectivity index (χ3v) is 4.00. The van der Waals surface area contributed by atoms with E-state index in [1.54, 1.807) is 0 Å². The Morgan fingerprint density at radius 2 is 1.76 bits per heavy atom. The maximum absolute atomic E-state index is 13.4. The SMILES string of the molecule is CCC1CCC(Oc2ccc([B-](F)(F)F)c(F)c2)CC1.[K+]. The van der Waals surface area contributed by atoms with Gasteiger partial charge in [0.1, 0.15) is 5.75 Å². The molecular formula is C14H18BF4KO. The van der Waals surface area contributed by atoms with Gasteiger partial charge in [-0.05, 0) is 37.7 Å². The van der Waals surface area contributed by atoms with Gasteiger partial charge in [0.05, 0.1) is 11.9 Å². The Morgan fingerprint density at radius 3 is 2.24 bits per heavy atom. The molecule has 0 radical (unpaired) electrons. The van der Waals surface area contributed by atoms with Crippen molar-refractivity contribution < 1.29 is 73.5 Å². The molecule has 0 unspecified atom stereocenters. The summed E-state index contributed by atoms with van der Waals surface area (Å²) in [7, 11) is 0. The van der Waals surface area contributed by atoms with Gasteiger partial charge in [-0.1, -0.05) is 24.9 Å². The van der Waals surface area contributed by atoms with Gasteiger partial charge < -0.3 is 17.7 Å². The number of rotatable bonds is 4. The molecule has 0 atom stereocenters. The summed E-state index contributed by atoms with van der Waals surface area (Å²) in [5.41, 5.74) is -1.19. The Labute approximate surface area is 165 Å². The minimum atomic E-state index is -5.31. The van der Waals surface area contributed by atoms with Crippen molar-refractivity contribution >= 4 is 12.4 Å². The fraction of sp³-hybridized carbons (Fsp3) is 0.571. The molecule has 1 aliphatic carbocycles.